The van der Waals surface area contributed by atoms with Crippen LogP contribution in [0.5, 0.6) is 0 Å². The van der Waals surface area contributed by atoms with Crippen molar-refractivity contribution >= 4 is 23.4 Å². The smallest absolute Gasteiger partial charge is 0.211 e. The Kier molecular flexibility index (Phi) is 2.42. The molecule has 0 atom stereocenters. The van der Waals surface area contributed by atoms with Crippen molar-refractivity contribution in [1.82, 2.24) is 0 Å². The summed E-state index contributed by atoms with van der Waals surface area (Å²) in [4.78, 5) is 13.3. The minimum Gasteiger partial charge on any atom is -0.211 e. The summed E-state index contributed by atoms with van der Waals surface area (Å²) in [5, 5.41) is 0.582. The fourth-order valence-electron chi connectivity index (χ4n) is 0.834. The number of benzene rings is 1. The molecule has 0 unspecified atom stereocenters. The standard InChI is InChI=1S/C8H6ClNO/c1-6-2-7(9)4-8(3-6)10-5-11/h2-4H,1H3. The van der Waals surface area contributed by atoms with Crippen molar-refractivity contribution in [3.63, 3.8) is 0 Å². The molecule has 56 valence electrons. The third-order valence-electron chi connectivity index (χ3n) is 1.20. The predicted octanol–water partition coefficient (Wildman–Crippen LogP) is 2.62. The van der Waals surface area contributed by atoms with Crippen LogP contribution >= 0.6 is 11.6 Å². The molecule has 0 aliphatic heterocycles. The maximum atomic E-state index is 9.86. The molecule has 0 fully saturated rings. The molecule has 0 amide bonds. The van der Waals surface area contributed by atoms with Gasteiger partial charge in [-0.15, -0.1) is 0 Å². The van der Waals surface area contributed by atoms with Crippen LogP contribution in [0.3, 0.4) is 0 Å². The van der Waals surface area contributed by atoms with Crippen molar-refractivity contribution in [3.8, 4) is 0 Å². The Morgan fingerprint density at radius 2 is 2.18 bits per heavy atom. The Bertz CT molecular complexity index is 296. The molecular weight excluding hydrogens is 162 g/mol. The maximum Gasteiger partial charge on any atom is 0.240 e. The number of aliphatic imine (C=N–C) groups is 1. The molecule has 0 aromatic heterocycles. The number of aryl methyl sites for hydroxylation is 1. The molecule has 0 saturated heterocycles. The summed E-state index contributed by atoms with van der Waals surface area (Å²) in [6, 6.07) is 5.17. The molecular formula is C8H6ClNO. The lowest BCUT2D eigenvalue weighted by Crippen LogP contribution is -1.71. The second kappa shape index (κ2) is 3.33. The van der Waals surface area contributed by atoms with E-state index < -0.39 is 0 Å². The van der Waals surface area contributed by atoms with Crippen LogP contribution in [0.2, 0.25) is 5.02 Å². The van der Waals surface area contributed by atoms with Crippen LogP contribution in [0.25, 0.3) is 0 Å². The number of halogens is 1. The van der Waals surface area contributed by atoms with E-state index in [1.807, 2.05) is 6.92 Å². The van der Waals surface area contributed by atoms with E-state index in [0.717, 1.165) is 5.56 Å². The number of rotatable bonds is 1. The van der Waals surface area contributed by atoms with Gasteiger partial charge in [-0.05, 0) is 30.7 Å². The zero-order valence-corrected chi connectivity index (χ0v) is 6.72. The first-order chi connectivity index (χ1) is 5.22. The highest BCUT2D eigenvalue weighted by atomic mass is 35.5. The van der Waals surface area contributed by atoms with E-state index in [0.29, 0.717) is 10.7 Å². The van der Waals surface area contributed by atoms with Crippen LogP contribution in [-0.4, -0.2) is 6.08 Å². The summed E-state index contributed by atoms with van der Waals surface area (Å²) in [7, 11) is 0. The van der Waals surface area contributed by atoms with Gasteiger partial charge in [0.1, 0.15) is 0 Å². The van der Waals surface area contributed by atoms with Crippen LogP contribution in [0, 0.1) is 6.92 Å². The summed E-state index contributed by atoms with van der Waals surface area (Å²) in [5.74, 6) is 0. The Morgan fingerprint density at radius 3 is 2.73 bits per heavy atom. The van der Waals surface area contributed by atoms with Gasteiger partial charge in [-0.1, -0.05) is 11.6 Å². The van der Waals surface area contributed by atoms with Crippen LogP contribution in [0.4, 0.5) is 5.69 Å². The minimum absolute atomic E-state index is 0.546. The van der Waals surface area contributed by atoms with E-state index >= 15 is 0 Å². The maximum absolute atomic E-state index is 9.86. The van der Waals surface area contributed by atoms with Crippen molar-refractivity contribution < 1.29 is 4.79 Å². The Hall–Kier alpha value is -1.11. The van der Waals surface area contributed by atoms with Crippen molar-refractivity contribution in [3.05, 3.63) is 28.8 Å². The quantitative estimate of drug-likeness (QED) is 0.467. The molecule has 0 radical (unpaired) electrons. The van der Waals surface area contributed by atoms with Gasteiger partial charge in [-0.2, -0.15) is 4.99 Å². The number of isocyanates is 1. The molecule has 3 heteroatoms. The molecule has 1 aromatic rings. The molecule has 0 bridgehead atoms. The molecule has 0 saturated carbocycles. The van der Waals surface area contributed by atoms with E-state index in [-0.39, 0.29) is 0 Å². The van der Waals surface area contributed by atoms with Crippen molar-refractivity contribution in [2.24, 2.45) is 4.99 Å². The zero-order valence-electron chi connectivity index (χ0n) is 5.97. The first-order valence-corrected chi connectivity index (χ1v) is 3.45. The van der Waals surface area contributed by atoms with Gasteiger partial charge in [-0.25, -0.2) is 4.79 Å². The highest BCUT2D eigenvalue weighted by Gasteiger charge is 1.93. The van der Waals surface area contributed by atoms with Crippen molar-refractivity contribution in [2.75, 3.05) is 0 Å². The molecule has 0 heterocycles. The van der Waals surface area contributed by atoms with E-state index in [4.69, 9.17) is 11.6 Å². The normalized spacial score (nSPS) is 8.91. The van der Waals surface area contributed by atoms with E-state index in [2.05, 4.69) is 4.99 Å². The average Bonchev–Trinajstić information content (AvgIpc) is 1.85. The molecule has 0 N–H and O–H groups in total. The first kappa shape index (κ1) is 7.99. The van der Waals surface area contributed by atoms with Gasteiger partial charge in [-0.3, -0.25) is 0 Å². The van der Waals surface area contributed by atoms with E-state index in [1.165, 1.54) is 6.08 Å². The molecule has 11 heavy (non-hydrogen) atoms. The summed E-state index contributed by atoms with van der Waals surface area (Å²) in [6.07, 6.45) is 1.45. The lowest BCUT2D eigenvalue weighted by Gasteiger charge is -1.94. The van der Waals surface area contributed by atoms with Crippen molar-refractivity contribution in [1.29, 1.82) is 0 Å². The second-order valence-corrected chi connectivity index (χ2v) is 2.63. The first-order valence-electron chi connectivity index (χ1n) is 3.07. The molecule has 0 aliphatic carbocycles. The highest BCUT2D eigenvalue weighted by molar-refractivity contribution is 6.30. The van der Waals surface area contributed by atoms with Gasteiger partial charge >= 0.3 is 0 Å². The second-order valence-electron chi connectivity index (χ2n) is 2.19. The zero-order chi connectivity index (χ0) is 8.27. The minimum atomic E-state index is 0.546. The van der Waals surface area contributed by atoms with Crippen LogP contribution < -0.4 is 0 Å². The lowest BCUT2D eigenvalue weighted by molar-refractivity contribution is 0.565. The monoisotopic (exact) mass is 167 g/mol. The van der Waals surface area contributed by atoms with E-state index in [1.54, 1.807) is 18.2 Å². The Morgan fingerprint density at radius 1 is 1.45 bits per heavy atom. The summed E-state index contributed by atoms with van der Waals surface area (Å²) < 4.78 is 0. The fourth-order valence-corrected chi connectivity index (χ4v) is 1.12. The third kappa shape index (κ3) is 2.19. The molecule has 2 nitrogen and oxygen atoms in total. The summed E-state index contributed by atoms with van der Waals surface area (Å²) in [5.41, 5.74) is 1.52. The van der Waals surface area contributed by atoms with Gasteiger partial charge in [0.25, 0.3) is 0 Å². The average molecular weight is 168 g/mol. The number of nitrogens with zero attached hydrogens (tertiary/aromatic N) is 1. The van der Waals surface area contributed by atoms with Crippen LogP contribution in [-0.2, 0) is 4.79 Å². The molecule has 0 spiro atoms. The van der Waals surface area contributed by atoms with Crippen molar-refractivity contribution in [2.45, 2.75) is 6.92 Å². The largest absolute Gasteiger partial charge is 0.240 e. The van der Waals surface area contributed by atoms with E-state index in [9.17, 15) is 4.79 Å². The number of hydrogen-bond acceptors (Lipinski definition) is 2. The van der Waals surface area contributed by atoms with Gasteiger partial charge in [0, 0.05) is 5.02 Å². The van der Waals surface area contributed by atoms with Crippen LogP contribution in [0.1, 0.15) is 5.56 Å². The lowest BCUT2D eigenvalue weighted by atomic mass is 10.2. The SMILES string of the molecule is Cc1cc(Cl)cc(N=C=O)c1. The third-order valence-corrected chi connectivity index (χ3v) is 1.42. The molecule has 1 rings (SSSR count). The van der Waals surface area contributed by atoms with Gasteiger partial charge in [0.05, 0.1) is 5.69 Å². The topological polar surface area (TPSA) is 29.4 Å². The number of carbonyl (C=O) groups excluding carboxylic acids is 1. The summed E-state index contributed by atoms with van der Waals surface area (Å²) >= 11 is 5.70. The van der Waals surface area contributed by atoms with Gasteiger partial charge in [0.2, 0.25) is 6.08 Å². The summed E-state index contributed by atoms with van der Waals surface area (Å²) in [6.45, 7) is 1.88. The predicted molar refractivity (Wildman–Crippen MR) is 44.0 cm³/mol. The Labute approximate surface area is 69.5 Å². The highest BCUT2D eigenvalue weighted by Crippen LogP contribution is 2.19. The Balaban J connectivity index is 3.18. The van der Waals surface area contributed by atoms with Crippen LogP contribution in [0.15, 0.2) is 23.2 Å². The molecule has 0 aliphatic rings. The van der Waals surface area contributed by atoms with Gasteiger partial charge < -0.3 is 0 Å². The number of hydrogen-bond donors (Lipinski definition) is 0. The van der Waals surface area contributed by atoms with Gasteiger partial charge in [0.15, 0.2) is 0 Å². The fraction of sp³-hybridized carbons (Fsp3) is 0.125. The molecule has 1 aromatic carbocycles.